The number of benzene rings is 2. The second kappa shape index (κ2) is 4.79. The first-order chi connectivity index (χ1) is 8.56. The molecule has 0 heterocycles. The highest BCUT2D eigenvalue weighted by Gasteiger charge is 2.05. The molecule has 4 N–H and O–H groups in total. The minimum absolute atomic E-state index is 0.287. The average Bonchev–Trinajstić information content (AvgIpc) is 2.34. The molecule has 4 nitrogen and oxygen atoms in total. The highest BCUT2D eigenvalue weighted by Crippen LogP contribution is 2.22. The molecule has 0 spiro atoms. The molecule has 0 radical (unpaired) electrons. The fraction of sp³-hybridized carbons (Fsp3) is 0.0714. The van der Waals surface area contributed by atoms with Gasteiger partial charge in [0.25, 0.3) is 0 Å². The van der Waals surface area contributed by atoms with E-state index in [0.29, 0.717) is 5.69 Å². The SMILES string of the molecule is Cc1cc(C(=O)O)ccc1Nc1ccc(N)cc1. The van der Waals surface area contributed by atoms with Gasteiger partial charge in [-0.15, -0.1) is 0 Å². The van der Waals surface area contributed by atoms with Gasteiger partial charge in [0.2, 0.25) is 0 Å². The Morgan fingerprint density at radius 2 is 1.83 bits per heavy atom. The number of rotatable bonds is 3. The smallest absolute Gasteiger partial charge is 0.335 e. The number of anilines is 3. The van der Waals surface area contributed by atoms with Crippen molar-refractivity contribution in [3.63, 3.8) is 0 Å². The quantitative estimate of drug-likeness (QED) is 0.723. The third-order valence-electron chi connectivity index (χ3n) is 2.66. The molecule has 0 atom stereocenters. The van der Waals surface area contributed by atoms with E-state index in [0.717, 1.165) is 16.9 Å². The number of aromatic carboxylic acids is 1. The van der Waals surface area contributed by atoms with E-state index in [4.69, 9.17) is 10.8 Å². The molecule has 2 rings (SSSR count). The molecule has 18 heavy (non-hydrogen) atoms. The molecule has 2 aromatic rings. The van der Waals surface area contributed by atoms with Gasteiger partial charge in [-0.05, 0) is 55.0 Å². The van der Waals surface area contributed by atoms with E-state index in [9.17, 15) is 4.79 Å². The first-order valence-electron chi connectivity index (χ1n) is 5.53. The Morgan fingerprint density at radius 1 is 1.17 bits per heavy atom. The van der Waals surface area contributed by atoms with Crippen molar-refractivity contribution in [1.29, 1.82) is 0 Å². The zero-order valence-corrected chi connectivity index (χ0v) is 9.97. The Labute approximate surface area is 105 Å². The summed E-state index contributed by atoms with van der Waals surface area (Å²) in [5.74, 6) is -0.919. The largest absolute Gasteiger partial charge is 0.478 e. The summed E-state index contributed by atoms with van der Waals surface area (Å²) < 4.78 is 0. The average molecular weight is 242 g/mol. The second-order valence-corrected chi connectivity index (χ2v) is 4.08. The van der Waals surface area contributed by atoms with Crippen LogP contribution in [0.2, 0.25) is 0 Å². The molecular weight excluding hydrogens is 228 g/mol. The van der Waals surface area contributed by atoms with Crippen molar-refractivity contribution in [3.8, 4) is 0 Å². The first kappa shape index (κ1) is 12.0. The molecule has 2 aromatic carbocycles. The zero-order valence-electron chi connectivity index (χ0n) is 9.97. The third-order valence-corrected chi connectivity index (χ3v) is 2.66. The minimum Gasteiger partial charge on any atom is -0.478 e. The predicted octanol–water partition coefficient (Wildman–Crippen LogP) is 3.02. The van der Waals surface area contributed by atoms with Gasteiger partial charge in [-0.25, -0.2) is 4.79 Å². The van der Waals surface area contributed by atoms with Crippen LogP contribution in [0, 0.1) is 6.92 Å². The van der Waals surface area contributed by atoms with Crippen molar-refractivity contribution >= 4 is 23.0 Å². The van der Waals surface area contributed by atoms with E-state index in [-0.39, 0.29) is 5.56 Å². The number of aryl methyl sites for hydroxylation is 1. The van der Waals surface area contributed by atoms with Crippen molar-refractivity contribution in [2.24, 2.45) is 0 Å². The Morgan fingerprint density at radius 3 is 2.39 bits per heavy atom. The first-order valence-corrected chi connectivity index (χ1v) is 5.53. The third kappa shape index (κ3) is 2.60. The van der Waals surface area contributed by atoms with Crippen molar-refractivity contribution in [3.05, 3.63) is 53.6 Å². The van der Waals surface area contributed by atoms with Crippen LogP contribution in [-0.4, -0.2) is 11.1 Å². The van der Waals surface area contributed by atoms with E-state index in [1.807, 2.05) is 31.2 Å². The van der Waals surface area contributed by atoms with Crippen LogP contribution in [0.5, 0.6) is 0 Å². The van der Waals surface area contributed by atoms with Crippen molar-refractivity contribution in [2.75, 3.05) is 11.1 Å². The summed E-state index contributed by atoms with van der Waals surface area (Å²) in [6, 6.07) is 12.3. The standard InChI is InChI=1S/C14H14N2O2/c1-9-8-10(14(17)18)2-7-13(9)16-12-5-3-11(15)4-6-12/h2-8,16H,15H2,1H3,(H,17,18). The molecule has 0 fully saturated rings. The fourth-order valence-electron chi connectivity index (χ4n) is 1.66. The zero-order chi connectivity index (χ0) is 13.1. The second-order valence-electron chi connectivity index (χ2n) is 4.08. The highest BCUT2D eigenvalue weighted by molar-refractivity contribution is 5.88. The van der Waals surface area contributed by atoms with E-state index in [1.165, 1.54) is 0 Å². The van der Waals surface area contributed by atoms with Gasteiger partial charge < -0.3 is 16.2 Å². The van der Waals surface area contributed by atoms with Crippen molar-refractivity contribution in [1.82, 2.24) is 0 Å². The lowest BCUT2D eigenvalue weighted by Crippen LogP contribution is -1.99. The molecule has 0 aliphatic carbocycles. The van der Waals surface area contributed by atoms with Gasteiger partial charge in [0.1, 0.15) is 0 Å². The fourth-order valence-corrected chi connectivity index (χ4v) is 1.66. The molecule has 0 saturated heterocycles. The van der Waals surface area contributed by atoms with Crippen LogP contribution in [0.4, 0.5) is 17.1 Å². The highest BCUT2D eigenvalue weighted by atomic mass is 16.4. The van der Waals surface area contributed by atoms with Crippen LogP contribution >= 0.6 is 0 Å². The number of carbonyl (C=O) groups is 1. The van der Waals surface area contributed by atoms with Crippen LogP contribution in [0.3, 0.4) is 0 Å². The Balaban J connectivity index is 2.24. The van der Waals surface area contributed by atoms with Gasteiger partial charge in [-0.1, -0.05) is 0 Å². The molecule has 0 aromatic heterocycles. The molecule has 0 saturated carbocycles. The van der Waals surface area contributed by atoms with E-state index < -0.39 is 5.97 Å². The molecular formula is C14H14N2O2. The number of nitrogen functional groups attached to an aromatic ring is 1. The normalized spacial score (nSPS) is 10.1. The van der Waals surface area contributed by atoms with E-state index in [2.05, 4.69) is 5.32 Å². The number of carboxylic acids is 1. The molecule has 0 aliphatic rings. The number of carboxylic acid groups (broad SMARTS) is 1. The molecule has 0 unspecified atom stereocenters. The van der Waals surface area contributed by atoms with E-state index in [1.54, 1.807) is 18.2 Å². The maximum atomic E-state index is 10.8. The molecule has 0 aliphatic heterocycles. The summed E-state index contributed by atoms with van der Waals surface area (Å²) in [6.45, 7) is 1.87. The summed E-state index contributed by atoms with van der Waals surface area (Å²) in [7, 11) is 0. The van der Waals surface area contributed by atoms with Gasteiger partial charge in [-0.2, -0.15) is 0 Å². The summed E-state index contributed by atoms with van der Waals surface area (Å²) >= 11 is 0. The monoisotopic (exact) mass is 242 g/mol. The van der Waals surface area contributed by atoms with Gasteiger partial charge >= 0.3 is 5.97 Å². The van der Waals surface area contributed by atoms with Crippen LogP contribution in [0.25, 0.3) is 0 Å². The molecule has 92 valence electrons. The lowest BCUT2D eigenvalue weighted by atomic mass is 10.1. The van der Waals surface area contributed by atoms with Gasteiger partial charge in [0, 0.05) is 17.1 Å². The van der Waals surface area contributed by atoms with E-state index >= 15 is 0 Å². The van der Waals surface area contributed by atoms with Crippen molar-refractivity contribution < 1.29 is 9.90 Å². The summed E-state index contributed by atoms with van der Waals surface area (Å²) in [5, 5.41) is 12.1. The Kier molecular flexibility index (Phi) is 3.19. The minimum atomic E-state index is -0.919. The number of hydrogen-bond acceptors (Lipinski definition) is 3. The van der Waals surface area contributed by atoms with Crippen LogP contribution < -0.4 is 11.1 Å². The van der Waals surface area contributed by atoms with Gasteiger partial charge in [0.15, 0.2) is 0 Å². The number of nitrogens with one attached hydrogen (secondary N) is 1. The van der Waals surface area contributed by atoms with Crippen molar-refractivity contribution in [2.45, 2.75) is 6.92 Å². The number of nitrogens with two attached hydrogens (primary N) is 1. The van der Waals surface area contributed by atoms with Crippen LogP contribution in [0.1, 0.15) is 15.9 Å². The summed E-state index contributed by atoms with van der Waals surface area (Å²) in [6.07, 6.45) is 0. The van der Waals surface area contributed by atoms with Gasteiger partial charge in [0.05, 0.1) is 5.56 Å². The lowest BCUT2D eigenvalue weighted by Gasteiger charge is -2.10. The maximum Gasteiger partial charge on any atom is 0.335 e. The Hall–Kier alpha value is -2.49. The topological polar surface area (TPSA) is 75.3 Å². The maximum absolute atomic E-state index is 10.8. The predicted molar refractivity (Wildman–Crippen MR) is 72.3 cm³/mol. The Bertz CT molecular complexity index is 577. The molecule has 4 heteroatoms. The lowest BCUT2D eigenvalue weighted by molar-refractivity contribution is 0.0697. The van der Waals surface area contributed by atoms with Crippen LogP contribution in [0.15, 0.2) is 42.5 Å². The van der Waals surface area contributed by atoms with Crippen LogP contribution in [-0.2, 0) is 0 Å². The molecule has 0 bridgehead atoms. The summed E-state index contributed by atoms with van der Waals surface area (Å²) in [4.78, 5) is 10.8. The molecule has 0 amide bonds. The van der Waals surface area contributed by atoms with Gasteiger partial charge in [-0.3, -0.25) is 0 Å². The summed E-state index contributed by atoms with van der Waals surface area (Å²) in [5.41, 5.74) is 9.28. The number of hydrogen-bond donors (Lipinski definition) is 3.